The molecule has 26 heavy (non-hydrogen) atoms. The Morgan fingerprint density at radius 3 is 2.54 bits per heavy atom. The molecule has 1 aromatic rings. The average molecular weight is 396 g/mol. The van der Waals surface area contributed by atoms with Gasteiger partial charge in [-0.2, -0.15) is 0 Å². The number of primary amides is 1. The van der Waals surface area contributed by atoms with Crippen molar-refractivity contribution in [2.75, 3.05) is 14.2 Å². The van der Waals surface area contributed by atoms with Gasteiger partial charge < -0.3 is 20.3 Å². The summed E-state index contributed by atoms with van der Waals surface area (Å²) in [6.45, 7) is 0. The molecule has 1 atom stereocenters. The van der Waals surface area contributed by atoms with E-state index >= 15 is 0 Å². The van der Waals surface area contributed by atoms with Gasteiger partial charge in [-0.15, -0.1) is 0 Å². The van der Waals surface area contributed by atoms with Crippen LogP contribution in [0.5, 0.6) is 11.5 Å². The zero-order chi connectivity index (χ0) is 19.4. The van der Waals surface area contributed by atoms with E-state index in [1.54, 1.807) is 24.3 Å². The Morgan fingerprint density at radius 2 is 2.00 bits per heavy atom. The van der Waals surface area contributed by atoms with Crippen molar-refractivity contribution >= 4 is 52.2 Å². The van der Waals surface area contributed by atoms with E-state index in [0.717, 1.165) is 16.7 Å². The molecule has 0 unspecified atom stereocenters. The van der Waals surface area contributed by atoms with Crippen LogP contribution in [0.25, 0.3) is 6.08 Å². The van der Waals surface area contributed by atoms with Gasteiger partial charge in [-0.25, -0.2) is 4.79 Å². The largest absolute Gasteiger partial charge is 0.493 e. The number of nitrogens with two attached hydrogens (primary N) is 1. The van der Waals surface area contributed by atoms with Crippen molar-refractivity contribution in [1.82, 2.24) is 4.90 Å². The number of benzene rings is 1. The number of carbonyl (C=O) groups is 3. The molecular weight excluding hydrogens is 380 g/mol. The number of carboxylic acids is 1. The van der Waals surface area contributed by atoms with Crippen LogP contribution in [-0.4, -0.2) is 52.4 Å². The van der Waals surface area contributed by atoms with Crippen LogP contribution in [0.15, 0.2) is 23.1 Å². The van der Waals surface area contributed by atoms with Crippen molar-refractivity contribution < 1.29 is 29.0 Å². The van der Waals surface area contributed by atoms with Crippen LogP contribution in [-0.2, 0) is 14.4 Å². The highest BCUT2D eigenvalue weighted by molar-refractivity contribution is 8.26. The van der Waals surface area contributed by atoms with Crippen molar-refractivity contribution in [2.45, 2.75) is 12.5 Å². The highest BCUT2D eigenvalue weighted by Gasteiger charge is 2.41. The van der Waals surface area contributed by atoms with E-state index < -0.39 is 30.2 Å². The predicted molar refractivity (Wildman–Crippen MR) is 99.8 cm³/mol. The maximum Gasteiger partial charge on any atom is 0.327 e. The van der Waals surface area contributed by atoms with E-state index in [0.29, 0.717) is 17.1 Å². The minimum Gasteiger partial charge on any atom is -0.493 e. The number of carbonyl (C=O) groups excluding carboxylic acids is 2. The Kier molecular flexibility index (Phi) is 6.22. The Labute approximate surface area is 158 Å². The second kappa shape index (κ2) is 8.19. The Bertz CT molecular complexity index is 808. The third-order valence-corrected chi connectivity index (χ3v) is 4.85. The topological polar surface area (TPSA) is 119 Å². The second-order valence-corrected chi connectivity index (χ2v) is 6.87. The number of thioether (sulfide) groups is 1. The fourth-order valence-corrected chi connectivity index (χ4v) is 3.68. The fourth-order valence-electron chi connectivity index (χ4n) is 2.32. The molecule has 3 N–H and O–H groups in total. The number of amides is 2. The quantitative estimate of drug-likeness (QED) is 0.522. The zero-order valence-electron chi connectivity index (χ0n) is 13.9. The Morgan fingerprint density at radius 1 is 1.35 bits per heavy atom. The summed E-state index contributed by atoms with van der Waals surface area (Å²) in [6.07, 6.45) is 1.04. The number of hydrogen-bond acceptors (Lipinski definition) is 7. The standard InChI is InChI=1S/C16H16N2O6S2/c1-23-10-4-3-8(5-11(10)24-2)6-12-14(20)18(16(25)26-12)9(15(21)22)7-13(17)19/h3-6,9H,7H2,1-2H3,(H2,17,19)(H,21,22)/b12-6-/t9-/m0/s1. The number of aliphatic carboxylic acids is 1. The summed E-state index contributed by atoms with van der Waals surface area (Å²) in [4.78, 5) is 36.3. The molecule has 1 aromatic carbocycles. The number of carboxylic acid groups (broad SMARTS) is 1. The van der Waals surface area contributed by atoms with Crippen molar-refractivity contribution in [3.05, 3.63) is 28.7 Å². The SMILES string of the molecule is COc1ccc(/C=C2\SC(=S)N([C@@H](CC(N)=O)C(=O)O)C2=O)cc1OC. The van der Waals surface area contributed by atoms with Gasteiger partial charge in [0.05, 0.1) is 25.5 Å². The van der Waals surface area contributed by atoms with Gasteiger partial charge in [0, 0.05) is 0 Å². The molecule has 1 saturated heterocycles. The van der Waals surface area contributed by atoms with Gasteiger partial charge in [-0.05, 0) is 23.8 Å². The smallest absolute Gasteiger partial charge is 0.327 e. The van der Waals surface area contributed by atoms with E-state index in [4.69, 9.17) is 27.4 Å². The van der Waals surface area contributed by atoms with Crippen LogP contribution in [0.4, 0.5) is 0 Å². The molecular formula is C16H16N2O6S2. The number of ether oxygens (including phenoxy) is 2. The molecule has 0 radical (unpaired) electrons. The first-order chi connectivity index (χ1) is 12.3. The molecule has 10 heteroatoms. The summed E-state index contributed by atoms with van der Waals surface area (Å²) < 4.78 is 10.4. The molecule has 1 heterocycles. The maximum absolute atomic E-state index is 12.6. The molecule has 1 fully saturated rings. The van der Waals surface area contributed by atoms with Crippen LogP contribution >= 0.6 is 24.0 Å². The van der Waals surface area contributed by atoms with E-state index in [1.807, 2.05) is 0 Å². The molecule has 0 aromatic heterocycles. The van der Waals surface area contributed by atoms with E-state index in [9.17, 15) is 19.5 Å². The molecule has 138 valence electrons. The van der Waals surface area contributed by atoms with Crippen LogP contribution in [0.2, 0.25) is 0 Å². The highest BCUT2D eigenvalue weighted by atomic mass is 32.2. The summed E-state index contributed by atoms with van der Waals surface area (Å²) in [5, 5.41) is 9.30. The van der Waals surface area contributed by atoms with Gasteiger partial charge in [0.1, 0.15) is 10.4 Å². The van der Waals surface area contributed by atoms with Crippen LogP contribution in [0, 0.1) is 0 Å². The van der Waals surface area contributed by atoms with Crippen molar-refractivity contribution in [1.29, 1.82) is 0 Å². The van der Waals surface area contributed by atoms with E-state index in [2.05, 4.69) is 0 Å². The van der Waals surface area contributed by atoms with Gasteiger partial charge in [0.15, 0.2) is 11.5 Å². The maximum atomic E-state index is 12.6. The normalized spacial score (nSPS) is 16.7. The number of hydrogen-bond donors (Lipinski definition) is 2. The zero-order valence-corrected chi connectivity index (χ0v) is 15.6. The van der Waals surface area contributed by atoms with E-state index in [1.165, 1.54) is 14.2 Å². The monoisotopic (exact) mass is 396 g/mol. The number of nitrogens with zero attached hydrogens (tertiary/aromatic N) is 1. The molecule has 0 spiro atoms. The molecule has 8 nitrogen and oxygen atoms in total. The van der Waals surface area contributed by atoms with Gasteiger partial charge in [0.2, 0.25) is 5.91 Å². The van der Waals surface area contributed by atoms with Crippen molar-refractivity contribution in [3.63, 3.8) is 0 Å². The molecule has 2 amide bonds. The summed E-state index contributed by atoms with van der Waals surface area (Å²) >= 11 is 6.07. The second-order valence-electron chi connectivity index (χ2n) is 5.19. The molecule has 2 rings (SSSR count). The van der Waals surface area contributed by atoms with Crippen LogP contribution in [0.3, 0.4) is 0 Å². The number of thiocarbonyl (C=S) groups is 1. The van der Waals surface area contributed by atoms with Crippen molar-refractivity contribution in [3.8, 4) is 11.5 Å². The lowest BCUT2D eigenvalue weighted by Crippen LogP contribution is -2.46. The van der Waals surface area contributed by atoms with Crippen LogP contribution < -0.4 is 15.2 Å². The van der Waals surface area contributed by atoms with Gasteiger partial charge in [-0.1, -0.05) is 30.0 Å². The molecule has 0 aliphatic carbocycles. The Balaban J connectivity index is 2.34. The Hall–Kier alpha value is -2.59. The fraction of sp³-hybridized carbons (Fsp3) is 0.250. The third kappa shape index (κ3) is 4.14. The van der Waals surface area contributed by atoms with Gasteiger partial charge >= 0.3 is 5.97 Å². The number of rotatable bonds is 7. The van der Waals surface area contributed by atoms with Gasteiger partial charge in [-0.3, -0.25) is 14.5 Å². The summed E-state index contributed by atoms with van der Waals surface area (Å²) in [6, 6.07) is 3.63. The summed E-state index contributed by atoms with van der Waals surface area (Å²) in [5.74, 6) is -1.77. The lowest BCUT2D eigenvalue weighted by atomic mass is 10.1. The van der Waals surface area contributed by atoms with Crippen LogP contribution in [0.1, 0.15) is 12.0 Å². The summed E-state index contributed by atoms with van der Waals surface area (Å²) in [5.41, 5.74) is 5.72. The third-order valence-electron chi connectivity index (χ3n) is 3.52. The minimum absolute atomic E-state index is 0.0513. The molecule has 0 saturated carbocycles. The molecule has 0 bridgehead atoms. The first-order valence-electron chi connectivity index (χ1n) is 7.28. The lowest BCUT2D eigenvalue weighted by Gasteiger charge is -2.21. The van der Waals surface area contributed by atoms with Crippen molar-refractivity contribution in [2.24, 2.45) is 5.73 Å². The minimum atomic E-state index is -1.43. The first-order valence-corrected chi connectivity index (χ1v) is 8.51. The highest BCUT2D eigenvalue weighted by Crippen LogP contribution is 2.36. The summed E-state index contributed by atoms with van der Waals surface area (Å²) in [7, 11) is 3.00. The number of methoxy groups -OCH3 is 2. The predicted octanol–water partition coefficient (Wildman–Crippen LogP) is 1.23. The lowest BCUT2D eigenvalue weighted by molar-refractivity contribution is -0.146. The average Bonchev–Trinajstić information content (AvgIpc) is 2.86. The molecule has 1 aliphatic heterocycles. The molecule has 1 aliphatic rings. The van der Waals surface area contributed by atoms with Gasteiger partial charge in [0.25, 0.3) is 5.91 Å². The van der Waals surface area contributed by atoms with E-state index in [-0.39, 0.29) is 9.23 Å². The first kappa shape index (κ1) is 19.7.